The second kappa shape index (κ2) is 5.14. The smallest absolute Gasteiger partial charge is 0.182 e. The molecule has 0 aromatic carbocycles. The minimum Gasteiger partial charge on any atom is -0.361 e. The number of nitrogens with one attached hydrogen (secondary N) is 1. The van der Waals surface area contributed by atoms with Gasteiger partial charge in [0.25, 0.3) is 0 Å². The Hall–Kier alpha value is -0.570. The van der Waals surface area contributed by atoms with Crippen LogP contribution < -0.4 is 5.32 Å². The van der Waals surface area contributed by atoms with Gasteiger partial charge in [0.2, 0.25) is 0 Å². The molecule has 0 bridgehead atoms. The Labute approximate surface area is 78.0 Å². The molecule has 0 saturated heterocycles. The second-order valence-corrected chi connectivity index (χ2v) is 3.80. The van der Waals surface area contributed by atoms with E-state index in [-0.39, 0.29) is 0 Å². The molecule has 0 unspecified atom stereocenters. The van der Waals surface area contributed by atoms with E-state index in [1.165, 1.54) is 12.8 Å². The summed E-state index contributed by atoms with van der Waals surface area (Å²) < 4.78 is 0. The lowest BCUT2D eigenvalue weighted by molar-refractivity contribution is 0.519. The van der Waals surface area contributed by atoms with Crippen LogP contribution in [0.3, 0.4) is 0 Å². The molecule has 0 spiro atoms. The lowest BCUT2D eigenvalue weighted by atomic mass is 10.0. The third-order valence-corrected chi connectivity index (χ3v) is 2.86. The molecule has 0 aliphatic heterocycles. The van der Waals surface area contributed by atoms with Crippen LogP contribution in [0.1, 0.15) is 26.7 Å². The van der Waals surface area contributed by atoms with Gasteiger partial charge in [0, 0.05) is 18.1 Å². The molecular weight excluding hydrogens is 168 g/mol. The van der Waals surface area contributed by atoms with Gasteiger partial charge < -0.3 is 5.32 Å². The normalized spacial score (nSPS) is 10.6. The highest BCUT2D eigenvalue weighted by atomic mass is 32.1. The first-order valence-electron chi connectivity index (χ1n) is 4.50. The SMILES string of the molecule is CCC(CC)CNc1nccs1. The highest BCUT2D eigenvalue weighted by molar-refractivity contribution is 7.13. The molecule has 0 atom stereocenters. The van der Waals surface area contributed by atoms with Crippen molar-refractivity contribution in [1.82, 2.24) is 4.98 Å². The van der Waals surface area contributed by atoms with Crippen molar-refractivity contribution in [2.45, 2.75) is 26.7 Å². The van der Waals surface area contributed by atoms with Gasteiger partial charge in [0.05, 0.1) is 0 Å². The van der Waals surface area contributed by atoms with Crippen LogP contribution in [-0.4, -0.2) is 11.5 Å². The Morgan fingerprint density at radius 3 is 2.75 bits per heavy atom. The van der Waals surface area contributed by atoms with Crippen molar-refractivity contribution in [1.29, 1.82) is 0 Å². The standard InChI is InChI=1S/C9H16N2S/c1-3-8(4-2)7-11-9-10-5-6-12-9/h5-6,8H,3-4,7H2,1-2H3,(H,10,11). The van der Waals surface area contributed by atoms with Crippen molar-refractivity contribution in [3.05, 3.63) is 11.6 Å². The predicted octanol–water partition coefficient (Wildman–Crippen LogP) is 2.99. The summed E-state index contributed by atoms with van der Waals surface area (Å²) in [5.41, 5.74) is 0. The third kappa shape index (κ3) is 2.81. The van der Waals surface area contributed by atoms with Gasteiger partial charge >= 0.3 is 0 Å². The van der Waals surface area contributed by atoms with Crippen molar-refractivity contribution in [3.8, 4) is 0 Å². The Morgan fingerprint density at radius 2 is 2.25 bits per heavy atom. The number of hydrogen-bond donors (Lipinski definition) is 1. The number of rotatable bonds is 5. The van der Waals surface area contributed by atoms with Crippen LogP contribution in [0.2, 0.25) is 0 Å². The molecular formula is C9H16N2S. The fraction of sp³-hybridized carbons (Fsp3) is 0.667. The van der Waals surface area contributed by atoms with E-state index in [1.807, 2.05) is 11.6 Å². The van der Waals surface area contributed by atoms with Crippen LogP contribution in [0.5, 0.6) is 0 Å². The van der Waals surface area contributed by atoms with Crippen molar-refractivity contribution in [2.24, 2.45) is 5.92 Å². The Morgan fingerprint density at radius 1 is 1.50 bits per heavy atom. The molecule has 1 N–H and O–H groups in total. The van der Waals surface area contributed by atoms with Gasteiger partial charge in [-0.25, -0.2) is 4.98 Å². The van der Waals surface area contributed by atoms with E-state index in [1.54, 1.807) is 11.3 Å². The average Bonchev–Trinajstić information content (AvgIpc) is 2.59. The molecule has 0 fully saturated rings. The molecule has 1 aromatic heterocycles. The van der Waals surface area contributed by atoms with Gasteiger partial charge in [0.1, 0.15) is 0 Å². The van der Waals surface area contributed by atoms with Crippen LogP contribution in [0, 0.1) is 5.92 Å². The summed E-state index contributed by atoms with van der Waals surface area (Å²) in [6.07, 6.45) is 4.32. The van der Waals surface area contributed by atoms with Gasteiger partial charge in [-0.15, -0.1) is 11.3 Å². The highest BCUT2D eigenvalue weighted by Crippen LogP contribution is 2.13. The van der Waals surface area contributed by atoms with Crippen LogP contribution in [-0.2, 0) is 0 Å². The zero-order valence-corrected chi connectivity index (χ0v) is 8.53. The molecule has 1 heterocycles. The average molecular weight is 184 g/mol. The lowest BCUT2D eigenvalue weighted by Gasteiger charge is -2.11. The lowest BCUT2D eigenvalue weighted by Crippen LogP contribution is -2.12. The molecule has 0 saturated carbocycles. The number of hydrogen-bond acceptors (Lipinski definition) is 3. The first-order chi connectivity index (χ1) is 5.86. The van der Waals surface area contributed by atoms with Crippen molar-refractivity contribution in [3.63, 3.8) is 0 Å². The molecule has 3 heteroatoms. The zero-order valence-electron chi connectivity index (χ0n) is 7.71. The van der Waals surface area contributed by atoms with Crippen molar-refractivity contribution < 1.29 is 0 Å². The summed E-state index contributed by atoms with van der Waals surface area (Å²) in [4.78, 5) is 4.16. The fourth-order valence-electron chi connectivity index (χ4n) is 1.12. The number of aromatic nitrogens is 1. The van der Waals surface area contributed by atoms with Gasteiger partial charge in [-0.05, 0) is 5.92 Å². The van der Waals surface area contributed by atoms with Gasteiger partial charge in [-0.3, -0.25) is 0 Å². The maximum Gasteiger partial charge on any atom is 0.182 e. The summed E-state index contributed by atoms with van der Waals surface area (Å²) >= 11 is 1.66. The molecule has 0 amide bonds. The monoisotopic (exact) mass is 184 g/mol. The van der Waals surface area contributed by atoms with E-state index in [0.29, 0.717) is 0 Å². The summed E-state index contributed by atoms with van der Waals surface area (Å²) in [6.45, 7) is 5.52. The topological polar surface area (TPSA) is 24.9 Å². The number of anilines is 1. The highest BCUT2D eigenvalue weighted by Gasteiger charge is 2.02. The zero-order chi connectivity index (χ0) is 8.81. The van der Waals surface area contributed by atoms with Crippen LogP contribution in [0.25, 0.3) is 0 Å². The molecule has 2 nitrogen and oxygen atoms in total. The number of nitrogens with zero attached hydrogens (tertiary/aromatic N) is 1. The molecule has 12 heavy (non-hydrogen) atoms. The van der Waals surface area contributed by atoms with Crippen molar-refractivity contribution >= 4 is 16.5 Å². The Kier molecular flexibility index (Phi) is 4.08. The van der Waals surface area contributed by atoms with Crippen molar-refractivity contribution in [2.75, 3.05) is 11.9 Å². The van der Waals surface area contributed by atoms with E-state index in [2.05, 4.69) is 24.1 Å². The molecule has 68 valence electrons. The first kappa shape index (κ1) is 9.52. The van der Waals surface area contributed by atoms with Gasteiger partial charge in [-0.2, -0.15) is 0 Å². The van der Waals surface area contributed by atoms with E-state index >= 15 is 0 Å². The minimum atomic E-state index is 0.786. The van der Waals surface area contributed by atoms with E-state index in [0.717, 1.165) is 17.6 Å². The quantitative estimate of drug-likeness (QED) is 0.761. The summed E-state index contributed by atoms with van der Waals surface area (Å²) in [7, 11) is 0. The van der Waals surface area contributed by atoms with E-state index < -0.39 is 0 Å². The van der Waals surface area contributed by atoms with Crippen LogP contribution >= 0.6 is 11.3 Å². The largest absolute Gasteiger partial charge is 0.361 e. The fourth-order valence-corrected chi connectivity index (χ4v) is 1.66. The predicted molar refractivity (Wildman–Crippen MR) is 54.7 cm³/mol. The molecule has 1 rings (SSSR count). The summed E-state index contributed by atoms with van der Waals surface area (Å²) in [6, 6.07) is 0. The van der Waals surface area contributed by atoms with Gasteiger partial charge in [0.15, 0.2) is 5.13 Å². The maximum atomic E-state index is 4.16. The molecule has 0 radical (unpaired) electrons. The molecule has 0 aliphatic rings. The molecule has 1 aromatic rings. The second-order valence-electron chi connectivity index (χ2n) is 2.90. The summed E-state index contributed by atoms with van der Waals surface area (Å²) in [5, 5.41) is 6.37. The third-order valence-electron chi connectivity index (χ3n) is 2.13. The molecule has 0 aliphatic carbocycles. The van der Waals surface area contributed by atoms with Crippen LogP contribution in [0.15, 0.2) is 11.6 Å². The van der Waals surface area contributed by atoms with Gasteiger partial charge in [-0.1, -0.05) is 26.7 Å². The Bertz CT molecular complexity index is 192. The Balaban J connectivity index is 2.25. The first-order valence-corrected chi connectivity index (χ1v) is 5.38. The van der Waals surface area contributed by atoms with Crippen LogP contribution in [0.4, 0.5) is 5.13 Å². The van der Waals surface area contributed by atoms with E-state index in [4.69, 9.17) is 0 Å². The minimum absolute atomic E-state index is 0.786. The van der Waals surface area contributed by atoms with E-state index in [9.17, 15) is 0 Å². The maximum absolute atomic E-state index is 4.16. The number of thiazole rings is 1. The summed E-state index contributed by atoms with van der Waals surface area (Å²) in [5.74, 6) is 0.786.